The third-order valence-corrected chi connectivity index (χ3v) is 12.9. The molecule has 0 bridgehead atoms. The first-order valence-corrected chi connectivity index (χ1v) is 18.9. The number of ether oxygens (including phenoxy) is 2. The summed E-state index contributed by atoms with van der Waals surface area (Å²) in [5, 5.41) is 4.62. The first kappa shape index (κ1) is 34.2. The van der Waals surface area contributed by atoms with Crippen molar-refractivity contribution in [3.05, 3.63) is 42.6 Å². The number of benzene rings is 1. The van der Waals surface area contributed by atoms with Gasteiger partial charge in [-0.05, 0) is 93.9 Å². The van der Waals surface area contributed by atoms with E-state index in [0.717, 1.165) is 42.2 Å². The second-order valence-electron chi connectivity index (χ2n) is 14.5. The normalized spacial score (nSPS) is 31.0. The first-order chi connectivity index (χ1) is 22.9. The van der Waals surface area contributed by atoms with Crippen molar-refractivity contribution in [2.75, 3.05) is 13.2 Å². The van der Waals surface area contributed by atoms with Crippen molar-refractivity contribution < 1.29 is 32.3 Å². The fraction of sp³-hybridized carbons (Fsp3) is 0.611. The van der Waals surface area contributed by atoms with Crippen molar-refractivity contribution in [2.24, 2.45) is 17.8 Å². The number of amides is 3. The Balaban J connectivity index is 1.28. The van der Waals surface area contributed by atoms with Gasteiger partial charge in [-0.25, -0.2) is 13.4 Å². The summed E-state index contributed by atoms with van der Waals surface area (Å²) in [6, 6.07) is 6.65. The Hall–Kier alpha value is -3.67. The van der Waals surface area contributed by atoms with Crippen LogP contribution in [0, 0.1) is 17.8 Å². The second kappa shape index (κ2) is 13.3. The number of hydrogen-bond acceptors (Lipinski definition) is 8. The molecule has 11 nitrogen and oxygen atoms in total. The minimum Gasteiger partial charge on any atom is -0.494 e. The number of allylic oxidation sites excluding steroid dienone is 1. The van der Waals surface area contributed by atoms with Gasteiger partial charge in [0.25, 0.3) is 5.91 Å². The molecule has 0 radical (unpaired) electrons. The fourth-order valence-corrected chi connectivity index (χ4v) is 8.51. The van der Waals surface area contributed by atoms with E-state index in [-0.39, 0.29) is 37.1 Å². The lowest BCUT2D eigenvalue weighted by Crippen LogP contribution is -2.57. The van der Waals surface area contributed by atoms with E-state index >= 15 is 0 Å². The van der Waals surface area contributed by atoms with Crippen molar-refractivity contribution in [3.8, 4) is 11.6 Å². The number of pyridine rings is 1. The Morgan fingerprint density at radius 3 is 2.69 bits per heavy atom. The predicted octanol–water partition coefficient (Wildman–Crippen LogP) is 4.65. The molecule has 1 aromatic heterocycles. The van der Waals surface area contributed by atoms with E-state index in [9.17, 15) is 22.8 Å². The summed E-state index contributed by atoms with van der Waals surface area (Å²) < 4.78 is 39.5. The van der Waals surface area contributed by atoms with E-state index in [4.69, 9.17) is 9.47 Å². The summed E-state index contributed by atoms with van der Waals surface area (Å²) in [5.41, 5.74) is -1.41. The van der Waals surface area contributed by atoms with Crippen LogP contribution in [-0.4, -0.2) is 71.6 Å². The van der Waals surface area contributed by atoms with Crippen LogP contribution < -0.4 is 19.5 Å². The number of carbonyl (C=O) groups is 3. The van der Waals surface area contributed by atoms with Crippen LogP contribution in [0.4, 0.5) is 0 Å². The largest absolute Gasteiger partial charge is 0.494 e. The lowest BCUT2D eigenvalue weighted by Gasteiger charge is -2.28. The average molecular weight is 681 g/mol. The molecule has 2 aliphatic carbocycles. The highest BCUT2D eigenvalue weighted by atomic mass is 32.2. The van der Waals surface area contributed by atoms with E-state index in [0.29, 0.717) is 37.7 Å². The molecule has 6 rings (SSSR count). The van der Waals surface area contributed by atoms with Crippen molar-refractivity contribution in [1.29, 1.82) is 0 Å². The summed E-state index contributed by atoms with van der Waals surface area (Å²) in [6.45, 7) is 8.56. The Kier molecular flexibility index (Phi) is 9.50. The van der Waals surface area contributed by atoms with Gasteiger partial charge in [-0.3, -0.25) is 19.1 Å². The molecule has 3 fully saturated rings. The minimum atomic E-state index is -3.91. The summed E-state index contributed by atoms with van der Waals surface area (Å²) in [6.07, 6.45) is 10.3. The Morgan fingerprint density at radius 2 is 1.96 bits per heavy atom. The third kappa shape index (κ3) is 6.91. The highest BCUT2D eigenvalue weighted by molar-refractivity contribution is 7.91. The fourth-order valence-electron chi connectivity index (χ4n) is 7.20. The van der Waals surface area contributed by atoms with Gasteiger partial charge >= 0.3 is 0 Å². The number of fused-ring (bicyclic) bond motifs is 3. The maximum atomic E-state index is 14.2. The van der Waals surface area contributed by atoms with Gasteiger partial charge in [0.05, 0.1) is 17.9 Å². The lowest BCUT2D eigenvalue weighted by molar-refractivity contribution is -0.140. The number of nitrogens with one attached hydrogen (secondary N) is 2. The van der Waals surface area contributed by atoms with Gasteiger partial charge in [0.15, 0.2) is 0 Å². The Labute approximate surface area is 283 Å². The molecule has 2 aliphatic heterocycles. The van der Waals surface area contributed by atoms with Crippen LogP contribution in [0.2, 0.25) is 0 Å². The van der Waals surface area contributed by atoms with Gasteiger partial charge in [-0.15, -0.1) is 0 Å². The summed E-state index contributed by atoms with van der Waals surface area (Å²) >= 11 is 0. The third-order valence-electron chi connectivity index (χ3n) is 10.7. The van der Waals surface area contributed by atoms with Crippen LogP contribution >= 0.6 is 0 Å². The molecule has 3 amide bonds. The molecule has 2 aromatic rings. The smallest absolute Gasteiger partial charge is 0.259 e. The van der Waals surface area contributed by atoms with Crippen LogP contribution in [0.1, 0.15) is 85.5 Å². The summed E-state index contributed by atoms with van der Waals surface area (Å²) in [7, 11) is -3.91. The zero-order valence-electron chi connectivity index (χ0n) is 28.4. The van der Waals surface area contributed by atoms with E-state index in [2.05, 4.69) is 28.9 Å². The molecular formula is C36H48N4O7S. The number of sulfonamides is 1. The molecule has 2 saturated carbocycles. The molecule has 3 heterocycles. The van der Waals surface area contributed by atoms with E-state index < -0.39 is 44.3 Å². The van der Waals surface area contributed by atoms with Gasteiger partial charge in [0, 0.05) is 30.3 Å². The zero-order chi connectivity index (χ0) is 34.3. The molecule has 0 spiro atoms. The van der Waals surface area contributed by atoms with E-state index in [1.54, 1.807) is 18.0 Å². The first-order valence-electron chi connectivity index (χ1n) is 17.4. The number of carbonyl (C=O) groups excluding carboxylic acids is 3. The second-order valence-corrected chi connectivity index (χ2v) is 16.6. The maximum Gasteiger partial charge on any atom is 0.259 e. The van der Waals surface area contributed by atoms with E-state index in [1.165, 1.54) is 0 Å². The lowest BCUT2D eigenvalue weighted by atomic mass is 9.88. The standard InChI is InChI=1S/C36H48N4O7S/c1-5-24-17-23(3)9-7-8-10-26-21-36(26,34(43)39-48(44,45)35(4)14-15-35)38-32(42)30-20-28(22-40(30)31(41)18-24)47-33-29-12-11-27(46-6-2)19-25(29)13-16-37-33/h8,10-13,16,19,23-24,26,28,30H,5-7,9,14-15,17-18,20-22H2,1-4H3,(H,38,42)(H,39,43)/b10-8-/t23-,24+,26+,28+,30-,36+/m0/s1. The van der Waals surface area contributed by atoms with Crippen LogP contribution in [0.5, 0.6) is 11.6 Å². The average Bonchev–Trinajstić information content (AvgIpc) is 3.92. The van der Waals surface area contributed by atoms with Crippen LogP contribution in [0.3, 0.4) is 0 Å². The Morgan fingerprint density at radius 1 is 1.17 bits per heavy atom. The van der Waals surface area contributed by atoms with E-state index in [1.807, 2.05) is 43.3 Å². The molecule has 48 heavy (non-hydrogen) atoms. The molecule has 260 valence electrons. The zero-order valence-corrected chi connectivity index (χ0v) is 29.2. The predicted molar refractivity (Wildman–Crippen MR) is 182 cm³/mol. The number of nitrogens with zero attached hydrogens (tertiary/aromatic N) is 2. The van der Waals surface area contributed by atoms with Gasteiger partial charge in [0.2, 0.25) is 27.7 Å². The molecule has 1 aromatic carbocycles. The van der Waals surface area contributed by atoms with Gasteiger partial charge in [-0.2, -0.15) is 0 Å². The highest BCUT2D eigenvalue weighted by Crippen LogP contribution is 2.47. The molecular weight excluding hydrogens is 632 g/mol. The number of hydrogen-bond donors (Lipinski definition) is 2. The molecule has 4 aliphatic rings. The van der Waals surface area contributed by atoms with Gasteiger partial charge in [0.1, 0.15) is 23.4 Å². The Bertz CT molecular complexity index is 1710. The van der Waals surface area contributed by atoms with Gasteiger partial charge in [-0.1, -0.05) is 32.4 Å². The quantitative estimate of drug-likeness (QED) is 0.384. The summed E-state index contributed by atoms with van der Waals surface area (Å²) in [4.78, 5) is 47.9. The highest BCUT2D eigenvalue weighted by Gasteiger charge is 2.63. The van der Waals surface area contributed by atoms with Gasteiger partial charge < -0.3 is 19.7 Å². The molecule has 6 atom stereocenters. The molecule has 1 saturated heterocycles. The van der Waals surface area contributed by atoms with Crippen LogP contribution in [0.15, 0.2) is 42.6 Å². The molecule has 2 N–H and O–H groups in total. The van der Waals surface area contributed by atoms with Crippen molar-refractivity contribution in [3.63, 3.8) is 0 Å². The number of rotatable bonds is 8. The van der Waals surface area contributed by atoms with Crippen molar-refractivity contribution in [1.82, 2.24) is 19.9 Å². The van der Waals surface area contributed by atoms with Crippen LogP contribution in [-0.2, 0) is 24.4 Å². The van der Waals surface area contributed by atoms with Crippen molar-refractivity contribution >= 4 is 38.5 Å². The SMILES string of the molecule is CCOc1ccc2c(O[C@@H]3C[C@H]4C(=O)N[C@]5(C(=O)NS(=O)(=O)C6(C)CC6)C[C@H]5/C=C\CC[C@H](C)C[C@@H](CC)CC(=O)N4C3)nccc2c1. The summed E-state index contributed by atoms with van der Waals surface area (Å²) in [5.74, 6) is 0.00226. The monoisotopic (exact) mass is 680 g/mol. The number of aromatic nitrogens is 1. The topological polar surface area (TPSA) is 144 Å². The van der Waals surface area contributed by atoms with Crippen LogP contribution in [0.25, 0.3) is 10.8 Å². The van der Waals surface area contributed by atoms with Crippen molar-refractivity contribution in [2.45, 2.75) is 108 Å². The molecule has 12 heteroatoms. The minimum absolute atomic E-state index is 0.129. The molecule has 0 unspecified atom stereocenters. The maximum absolute atomic E-state index is 14.2.